The van der Waals surface area contributed by atoms with Crippen molar-refractivity contribution in [3.05, 3.63) is 29.8 Å². The third-order valence-corrected chi connectivity index (χ3v) is 3.78. The molecule has 0 spiro atoms. The van der Waals surface area contributed by atoms with Gasteiger partial charge in [0.1, 0.15) is 18.5 Å². The van der Waals surface area contributed by atoms with Crippen LogP contribution in [0.4, 0.5) is 0 Å². The number of rotatable bonds is 7. The highest BCUT2D eigenvalue weighted by molar-refractivity contribution is 5.31. The topological polar surface area (TPSA) is 71.0 Å². The van der Waals surface area contributed by atoms with Crippen molar-refractivity contribution in [3.63, 3.8) is 0 Å². The molecule has 1 atom stereocenters. The first-order chi connectivity index (χ1) is 10.1. The van der Waals surface area contributed by atoms with Gasteiger partial charge in [-0.1, -0.05) is 18.2 Å². The molecular formula is C16H25NO4. The van der Waals surface area contributed by atoms with E-state index in [0.29, 0.717) is 39.1 Å². The van der Waals surface area contributed by atoms with E-state index in [-0.39, 0.29) is 6.61 Å². The minimum atomic E-state index is -0.713. The SMILES string of the molecule is Cc1ccccc1OCC(O)CNCC1(O)CCOCC1. The van der Waals surface area contributed by atoms with Gasteiger partial charge in [-0.25, -0.2) is 0 Å². The largest absolute Gasteiger partial charge is 0.491 e. The minimum absolute atomic E-state index is 0.236. The molecule has 0 aliphatic carbocycles. The fraction of sp³-hybridized carbons (Fsp3) is 0.625. The van der Waals surface area contributed by atoms with Crippen LogP contribution in [-0.2, 0) is 4.74 Å². The predicted molar refractivity (Wildman–Crippen MR) is 80.6 cm³/mol. The van der Waals surface area contributed by atoms with Crippen molar-refractivity contribution in [1.82, 2.24) is 5.32 Å². The van der Waals surface area contributed by atoms with Gasteiger partial charge >= 0.3 is 0 Å². The zero-order valence-electron chi connectivity index (χ0n) is 12.5. The average Bonchev–Trinajstić information content (AvgIpc) is 2.47. The Morgan fingerprint density at radius 2 is 2.05 bits per heavy atom. The van der Waals surface area contributed by atoms with Gasteiger partial charge in [-0.3, -0.25) is 0 Å². The summed E-state index contributed by atoms with van der Waals surface area (Å²) in [5.74, 6) is 0.791. The van der Waals surface area contributed by atoms with E-state index in [1.165, 1.54) is 0 Å². The van der Waals surface area contributed by atoms with Crippen molar-refractivity contribution < 1.29 is 19.7 Å². The zero-order chi connectivity index (χ0) is 15.1. The summed E-state index contributed by atoms with van der Waals surface area (Å²) in [7, 11) is 0. The second-order valence-corrected chi connectivity index (χ2v) is 5.70. The molecule has 118 valence electrons. The molecule has 21 heavy (non-hydrogen) atoms. The van der Waals surface area contributed by atoms with Crippen LogP contribution in [0.25, 0.3) is 0 Å². The maximum absolute atomic E-state index is 10.3. The van der Waals surface area contributed by atoms with Gasteiger partial charge in [-0.15, -0.1) is 0 Å². The van der Waals surface area contributed by atoms with Crippen LogP contribution in [0, 0.1) is 6.92 Å². The van der Waals surface area contributed by atoms with E-state index in [1.54, 1.807) is 0 Å². The number of aryl methyl sites for hydroxylation is 1. The molecule has 0 radical (unpaired) electrons. The Kier molecular flexibility index (Phi) is 5.99. The smallest absolute Gasteiger partial charge is 0.122 e. The lowest BCUT2D eigenvalue weighted by Crippen LogP contribution is -2.47. The Hall–Kier alpha value is -1.14. The summed E-state index contributed by atoms with van der Waals surface area (Å²) in [6, 6.07) is 7.73. The lowest BCUT2D eigenvalue weighted by molar-refractivity contribution is -0.0626. The zero-order valence-corrected chi connectivity index (χ0v) is 12.5. The van der Waals surface area contributed by atoms with Crippen LogP contribution in [0.1, 0.15) is 18.4 Å². The average molecular weight is 295 g/mol. The predicted octanol–water partition coefficient (Wildman–Crippen LogP) is 0.866. The van der Waals surface area contributed by atoms with E-state index >= 15 is 0 Å². The molecule has 1 unspecified atom stereocenters. The summed E-state index contributed by atoms with van der Waals surface area (Å²) in [6.45, 7) is 4.26. The summed E-state index contributed by atoms with van der Waals surface area (Å²) in [5.41, 5.74) is 0.337. The lowest BCUT2D eigenvalue weighted by Gasteiger charge is -2.32. The molecule has 0 amide bonds. The Morgan fingerprint density at radius 1 is 1.33 bits per heavy atom. The van der Waals surface area contributed by atoms with Gasteiger partial charge in [0.25, 0.3) is 0 Å². The monoisotopic (exact) mass is 295 g/mol. The number of hydrogen-bond donors (Lipinski definition) is 3. The molecule has 2 rings (SSSR count). The Bertz CT molecular complexity index is 432. The van der Waals surface area contributed by atoms with Crippen LogP contribution in [0.2, 0.25) is 0 Å². The highest BCUT2D eigenvalue weighted by atomic mass is 16.5. The summed E-state index contributed by atoms with van der Waals surface area (Å²) in [4.78, 5) is 0. The number of aliphatic hydroxyl groups is 2. The first-order valence-electron chi connectivity index (χ1n) is 7.46. The molecule has 5 nitrogen and oxygen atoms in total. The maximum Gasteiger partial charge on any atom is 0.122 e. The third kappa shape index (κ3) is 5.28. The van der Waals surface area contributed by atoms with E-state index in [2.05, 4.69) is 5.32 Å². The fourth-order valence-corrected chi connectivity index (χ4v) is 2.36. The molecule has 0 saturated carbocycles. The summed E-state index contributed by atoms with van der Waals surface area (Å²) in [6.07, 6.45) is 0.666. The molecule has 0 aromatic heterocycles. The van der Waals surface area contributed by atoms with E-state index in [4.69, 9.17) is 9.47 Å². The molecule has 5 heteroatoms. The molecule has 1 saturated heterocycles. The minimum Gasteiger partial charge on any atom is -0.491 e. The molecule has 1 fully saturated rings. The standard InChI is InChI=1S/C16H25NO4/c1-13-4-2-3-5-15(13)21-11-14(18)10-17-12-16(19)6-8-20-9-7-16/h2-5,14,17-19H,6-12H2,1H3. The molecule has 0 bridgehead atoms. The summed E-state index contributed by atoms with van der Waals surface area (Å²) >= 11 is 0. The van der Waals surface area contributed by atoms with Crippen LogP contribution < -0.4 is 10.1 Å². The van der Waals surface area contributed by atoms with E-state index < -0.39 is 11.7 Å². The van der Waals surface area contributed by atoms with E-state index in [0.717, 1.165) is 11.3 Å². The second-order valence-electron chi connectivity index (χ2n) is 5.70. The number of para-hydroxylation sites is 1. The Balaban J connectivity index is 1.65. The molecule has 1 aliphatic rings. The Labute approximate surface area is 125 Å². The van der Waals surface area contributed by atoms with Crippen molar-refractivity contribution in [2.45, 2.75) is 31.5 Å². The molecule has 1 aromatic carbocycles. The number of aliphatic hydroxyl groups excluding tert-OH is 1. The molecule has 1 aromatic rings. The molecule has 3 N–H and O–H groups in total. The molecule has 1 aliphatic heterocycles. The van der Waals surface area contributed by atoms with E-state index in [1.807, 2.05) is 31.2 Å². The third-order valence-electron chi connectivity index (χ3n) is 3.78. The van der Waals surface area contributed by atoms with Crippen LogP contribution in [0.3, 0.4) is 0 Å². The van der Waals surface area contributed by atoms with Crippen LogP contribution in [-0.4, -0.2) is 54.8 Å². The molecular weight excluding hydrogens is 270 g/mol. The van der Waals surface area contributed by atoms with Gasteiger partial charge in [-0.2, -0.15) is 0 Å². The summed E-state index contributed by atoms with van der Waals surface area (Å²) < 4.78 is 10.8. The van der Waals surface area contributed by atoms with E-state index in [9.17, 15) is 10.2 Å². The van der Waals surface area contributed by atoms with Crippen LogP contribution >= 0.6 is 0 Å². The maximum atomic E-state index is 10.3. The number of benzene rings is 1. The lowest BCUT2D eigenvalue weighted by atomic mass is 9.94. The molecule has 1 heterocycles. The number of nitrogens with one attached hydrogen (secondary N) is 1. The van der Waals surface area contributed by atoms with Gasteiger partial charge in [0.05, 0.1) is 5.60 Å². The number of ether oxygens (including phenoxy) is 2. The Morgan fingerprint density at radius 3 is 2.76 bits per heavy atom. The normalized spacial score (nSPS) is 19.2. The van der Waals surface area contributed by atoms with Gasteiger partial charge in [0, 0.05) is 39.1 Å². The van der Waals surface area contributed by atoms with Crippen molar-refractivity contribution in [3.8, 4) is 5.75 Å². The van der Waals surface area contributed by atoms with Crippen LogP contribution in [0.5, 0.6) is 5.75 Å². The van der Waals surface area contributed by atoms with Crippen LogP contribution in [0.15, 0.2) is 24.3 Å². The first kappa shape index (κ1) is 16.2. The van der Waals surface area contributed by atoms with Gasteiger partial charge < -0.3 is 25.0 Å². The second kappa shape index (κ2) is 7.75. The van der Waals surface area contributed by atoms with Gasteiger partial charge in [0.15, 0.2) is 0 Å². The highest BCUT2D eigenvalue weighted by Gasteiger charge is 2.29. The summed E-state index contributed by atoms with van der Waals surface area (Å²) in [5, 5.41) is 23.3. The fourth-order valence-electron chi connectivity index (χ4n) is 2.36. The quantitative estimate of drug-likeness (QED) is 0.696. The van der Waals surface area contributed by atoms with Gasteiger partial charge in [0.2, 0.25) is 0 Å². The van der Waals surface area contributed by atoms with Crippen molar-refractivity contribution in [2.75, 3.05) is 32.9 Å². The first-order valence-corrected chi connectivity index (χ1v) is 7.46. The van der Waals surface area contributed by atoms with Crippen molar-refractivity contribution in [2.24, 2.45) is 0 Å². The van der Waals surface area contributed by atoms with Crippen molar-refractivity contribution >= 4 is 0 Å². The van der Waals surface area contributed by atoms with Gasteiger partial charge in [-0.05, 0) is 18.6 Å². The van der Waals surface area contributed by atoms with Crippen molar-refractivity contribution in [1.29, 1.82) is 0 Å². The number of hydrogen-bond acceptors (Lipinski definition) is 5. The highest BCUT2D eigenvalue weighted by Crippen LogP contribution is 2.19.